The summed E-state index contributed by atoms with van der Waals surface area (Å²) in [5, 5.41) is 10.2. The molecular formula is C16H22O. The van der Waals surface area contributed by atoms with Gasteiger partial charge in [0.1, 0.15) is 5.75 Å². The summed E-state index contributed by atoms with van der Waals surface area (Å²) in [4.78, 5) is 0. The maximum absolute atomic E-state index is 10.2. The van der Waals surface area contributed by atoms with Gasteiger partial charge in [0, 0.05) is 11.0 Å². The molecule has 0 aromatic heterocycles. The van der Waals surface area contributed by atoms with Crippen LogP contribution in [0.3, 0.4) is 0 Å². The molecule has 3 rings (SSSR count). The van der Waals surface area contributed by atoms with Crippen LogP contribution in [0.4, 0.5) is 0 Å². The van der Waals surface area contributed by atoms with Crippen LogP contribution in [0.2, 0.25) is 0 Å². The van der Waals surface area contributed by atoms with Crippen LogP contribution in [0.15, 0.2) is 24.3 Å². The summed E-state index contributed by atoms with van der Waals surface area (Å²) in [6.07, 6.45) is 4.05. The Morgan fingerprint density at radius 2 is 1.71 bits per heavy atom. The van der Waals surface area contributed by atoms with Gasteiger partial charge >= 0.3 is 0 Å². The van der Waals surface area contributed by atoms with E-state index in [1.165, 1.54) is 19.3 Å². The van der Waals surface area contributed by atoms with Gasteiger partial charge in [-0.05, 0) is 42.6 Å². The molecule has 1 nitrogen and oxygen atoms in total. The van der Waals surface area contributed by atoms with Gasteiger partial charge in [-0.1, -0.05) is 39.0 Å². The molecule has 0 saturated heterocycles. The zero-order chi connectivity index (χ0) is 12.3. The van der Waals surface area contributed by atoms with Crippen LogP contribution < -0.4 is 0 Å². The SMILES string of the molecule is CC1(C)[C@H]2CC[C@H](C2)[C@]1(C)c1ccccc1O. The molecule has 2 bridgehead atoms. The lowest BCUT2D eigenvalue weighted by atomic mass is 9.56. The lowest BCUT2D eigenvalue weighted by Gasteiger charge is -2.48. The molecule has 0 spiro atoms. The average molecular weight is 230 g/mol. The van der Waals surface area contributed by atoms with Crippen molar-refractivity contribution in [2.75, 3.05) is 0 Å². The number of fused-ring (bicyclic) bond motifs is 2. The van der Waals surface area contributed by atoms with Crippen molar-refractivity contribution >= 4 is 0 Å². The van der Waals surface area contributed by atoms with Crippen LogP contribution >= 0.6 is 0 Å². The van der Waals surface area contributed by atoms with E-state index in [9.17, 15) is 5.11 Å². The summed E-state index contributed by atoms with van der Waals surface area (Å²) >= 11 is 0. The van der Waals surface area contributed by atoms with Crippen molar-refractivity contribution in [2.45, 2.75) is 45.4 Å². The lowest BCUT2D eigenvalue weighted by molar-refractivity contribution is 0.0926. The smallest absolute Gasteiger partial charge is 0.119 e. The standard InChI is InChI=1S/C16H22O/c1-15(2)11-8-9-12(10-11)16(15,3)13-6-4-5-7-14(13)17/h4-7,11-12,17H,8-10H2,1-3H3/t11-,12+,16+/m0/s1. The van der Waals surface area contributed by atoms with E-state index < -0.39 is 0 Å². The van der Waals surface area contributed by atoms with Crippen molar-refractivity contribution in [1.29, 1.82) is 0 Å². The van der Waals surface area contributed by atoms with Crippen LogP contribution in [0, 0.1) is 17.3 Å². The van der Waals surface area contributed by atoms with Crippen LogP contribution in [0.1, 0.15) is 45.6 Å². The Morgan fingerprint density at radius 1 is 1.06 bits per heavy atom. The molecule has 2 saturated carbocycles. The summed E-state index contributed by atoms with van der Waals surface area (Å²) in [7, 11) is 0. The Morgan fingerprint density at radius 3 is 2.29 bits per heavy atom. The minimum Gasteiger partial charge on any atom is -0.508 e. The molecule has 2 aliphatic rings. The van der Waals surface area contributed by atoms with E-state index in [0.717, 1.165) is 17.4 Å². The van der Waals surface area contributed by atoms with E-state index in [1.54, 1.807) is 0 Å². The van der Waals surface area contributed by atoms with Gasteiger partial charge < -0.3 is 5.11 Å². The molecule has 1 heteroatoms. The minimum atomic E-state index is 0.140. The molecule has 1 aromatic carbocycles. The largest absolute Gasteiger partial charge is 0.508 e. The molecule has 0 unspecified atom stereocenters. The first-order valence-electron chi connectivity index (χ1n) is 6.76. The van der Waals surface area contributed by atoms with E-state index in [1.807, 2.05) is 12.1 Å². The average Bonchev–Trinajstić information content (AvgIpc) is 2.83. The Hall–Kier alpha value is -0.980. The van der Waals surface area contributed by atoms with Gasteiger partial charge in [0.15, 0.2) is 0 Å². The molecule has 2 fully saturated rings. The Bertz CT molecular complexity index is 449. The normalized spacial score (nSPS) is 38.5. The molecule has 0 heterocycles. The first-order chi connectivity index (χ1) is 7.98. The van der Waals surface area contributed by atoms with Crippen molar-refractivity contribution in [3.05, 3.63) is 29.8 Å². The highest BCUT2D eigenvalue weighted by Gasteiger charge is 2.61. The zero-order valence-electron chi connectivity index (χ0n) is 11.0. The lowest BCUT2D eigenvalue weighted by Crippen LogP contribution is -2.44. The summed E-state index contributed by atoms with van der Waals surface area (Å²) in [6, 6.07) is 7.94. The molecule has 1 aromatic rings. The Kier molecular flexibility index (Phi) is 2.14. The van der Waals surface area contributed by atoms with Gasteiger partial charge in [-0.3, -0.25) is 0 Å². The van der Waals surface area contributed by atoms with Crippen molar-refractivity contribution in [2.24, 2.45) is 17.3 Å². The highest BCUT2D eigenvalue weighted by molar-refractivity contribution is 5.42. The molecule has 1 N–H and O–H groups in total. The topological polar surface area (TPSA) is 20.2 Å². The number of phenolic OH excluding ortho intramolecular Hbond substituents is 1. The summed E-state index contributed by atoms with van der Waals surface area (Å²) < 4.78 is 0. The molecule has 0 amide bonds. The molecule has 2 aliphatic carbocycles. The minimum absolute atomic E-state index is 0.140. The van der Waals surface area contributed by atoms with Gasteiger partial charge in [0.25, 0.3) is 0 Å². The molecule has 0 radical (unpaired) electrons. The number of hydrogen-bond donors (Lipinski definition) is 1. The van der Waals surface area contributed by atoms with Gasteiger partial charge in [-0.25, -0.2) is 0 Å². The van der Waals surface area contributed by atoms with Gasteiger partial charge in [-0.15, -0.1) is 0 Å². The van der Waals surface area contributed by atoms with Crippen LogP contribution in [0.25, 0.3) is 0 Å². The number of rotatable bonds is 1. The quantitative estimate of drug-likeness (QED) is 0.770. The number of hydrogen-bond acceptors (Lipinski definition) is 1. The third kappa shape index (κ3) is 1.20. The second kappa shape index (κ2) is 3.28. The molecule has 17 heavy (non-hydrogen) atoms. The van der Waals surface area contributed by atoms with E-state index >= 15 is 0 Å². The fourth-order valence-electron chi connectivity index (χ4n) is 4.59. The third-order valence-corrected chi connectivity index (χ3v) is 6.07. The third-order valence-electron chi connectivity index (χ3n) is 6.07. The summed E-state index contributed by atoms with van der Waals surface area (Å²) in [5.41, 5.74) is 1.60. The van der Waals surface area contributed by atoms with E-state index in [-0.39, 0.29) is 5.41 Å². The molecule has 0 aliphatic heterocycles. The zero-order valence-corrected chi connectivity index (χ0v) is 11.0. The predicted octanol–water partition coefficient (Wildman–Crippen LogP) is 4.11. The van der Waals surface area contributed by atoms with E-state index in [0.29, 0.717) is 11.2 Å². The highest BCUT2D eigenvalue weighted by Crippen LogP contribution is 2.67. The van der Waals surface area contributed by atoms with Crippen molar-refractivity contribution in [3.63, 3.8) is 0 Å². The van der Waals surface area contributed by atoms with Gasteiger partial charge in [0.2, 0.25) is 0 Å². The second-order valence-electron chi connectivity index (χ2n) is 6.65. The van der Waals surface area contributed by atoms with Crippen molar-refractivity contribution in [1.82, 2.24) is 0 Å². The van der Waals surface area contributed by atoms with E-state index in [4.69, 9.17) is 0 Å². The maximum atomic E-state index is 10.2. The van der Waals surface area contributed by atoms with Crippen LogP contribution in [0.5, 0.6) is 5.75 Å². The molecular weight excluding hydrogens is 208 g/mol. The fraction of sp³-hybridized carbons (Fsp3) is 0.625. The first kappa shape index (κ1) is 11.1. The predicted molar refractivity (Wildman–Crippen MR) is 70.1 cm³/mol. The van der Waals surface area contributed by atoms with Crippen LogP contribution in [-0.4, -0.2) is 5.11 Å². The number of aromatic hydroxyl groups is 1. The maximum Gasteiger partial charge on any atom is 0.119 e. The number of benzene rings is 1. The monoisotopic (exact) mass is 230 g/mol. The van der Waals surface area contributed by atoms with Crippen molar-refractivity contribution in [3.8, 4) is 5.75 Å². The number of phenols is 1. The van der Waals surface area contributed by atoms with E-state index in [2.05, 4.69) is 32.9 Å². The van der Waals surface area contributed by atoms with Gasteiger partial charge in [0.05, 0.1) is 0 Å². The van der Waals surface area contributed by atoms with Crippen LogP contribution in [-0.2, 0) is 5.41 Å². The number of para-hydroxylation sites is 1. The second-order valence-corrected chi connectivity index (χ2v) is 6.65. The van der Waals surface area contributed by atoms with Gasteiger partial charge in [-0.2, -0.15) is 0 Å². The highest BCUT2D eigenvalue weighted by atomic mass is 16.3. The van der Waals surface area contributed by atoms with Crippen molar-refractivity contribution < 1.29 is 5.11 Å². The molecule has 3 atom stereocenters. The Balaban J connectivity index is 2.16. The fourth-order valence-corrected chi connectivity index (χ4v) is 4.59. The first-order valence-corrected chi connectivity index (χ1v) is 6.76. The molecule has 92 valence electrons. The summed E-state index contributed by atoms with van der Waals surface area (Å²) in [6.45, 7) is 7.15. The Labute approximate surface area is 104 Å². The summed E-state index contributed by atoms with van der Waals surface area (Å²) in [5.74, 6) is 2.06.